The summed E-state index contributed by atoms with van der Waals surface area (Å²) in [5, 5.41) is 3.73. The highest BCUT2D eigenvalue weighted by atomic mass is 35.5. The van der Waals surface area contributed by atoms with Crippen LogP contribution in [0.15, 0.2) is 18.2 Å². The van der Waals surface area contributed by atoms with E-state index in [0.29, 0.717) is 34.5 Å². The normalized spacial score (nSPS) is 17.3. The van der Waals surface area contributed by atoms with E-state index < -0.39 is 6.04 Å². The number of amides is 2. The molecule has 0 radical (unpaired) electrons. The average Bonchev–Trinajstić information content (AvgIpc) is 2.95. The molecule has 1 aromatic carbocycles. The number of nitrogens with one attached hydrogen (secondary N) is 1. The van der Waals surface area contributed by atoms with Gasteiger partial charge in [-0.25, -0.2) is 0 Å². The molecule has 1 aliphatic rings. The van der Waals surface area contributed by atoms with Gasteiger partial charge in [0.1, 0.15) is 6.04 Å². The van der Waals surface area contributed by atoms with Crippen molar-refractivity contribution in [2.75, 3.05) is 23.4 Å². The van der Waals surface area contributed by atoms with E-state index >= 15 is 0 Å². The topological polar surface area (TPSA) is 49.4 Å². The number of carbonyl (C=O) groups is 2. The SMILES string of the molecule is CCCSCC(=O)N1CCCC1C(=O)Nc1cc(Cl)cc(Cl)c1. The minimum absolute atomic E-state index is 0.0326. The number of thioether (sulfide) groups is 1. The van der Waals surface area contributed by atoms with Crippen molar-refractivity contribution in [2.45, 2.75) is 32.2 Å². The highest BCUT2D eigenvalue weighted by Gasteiger charge is 2.33. The fourth-order valence-electron chi connectivity index (χ4n) is 2.58. The van der Waals surface area contributed by atoms with Crippen LogP contribution in [0.2, 0.25) is 10.0 Å². The molecule has 7 heteroatoms. The second-order valence-electron chi connectivity index (χ2n) is 5.45. The van der Waals surface area contributed by atoms with Gasteiger partial charge in [-0.2, -0.15) is 11.8 Å². The first-order valence-electron chi connectivity index (χ1n) is 7.65. The van der Waals surface area contributed by atoms with Crippen molar-refractivity contribution in [3.05, 3.63) is 28.2 Å². The first-order valence-corrected chi connectivity index (χ1v) is 9.56. The Balaban J connectivity index is 1.98. The Bertz CT molecular complexity index is 563. The van der Waals surface area contributed by atoms with Crippen molar-refractivity contribution >= 4 is 52.5 Å². The molecule has 1 unspecified atom stereocenters. The summed E-state index contributed by atoms with van der Waals surface area (Å²) in [6, 6.07) is 4.48. The van der Waals surface area contributed by atoms with Crippen molar-refractivity contribution in [2.24, 2.45) is 0 Å². The maximum atomic E-state index is 12.5. The summed E-state index contributed by atoms with van der Waals surface area (Å²) < 4.78 is 0. The standard InChI is InChI=1S/C16H20Cl2N2O2S/c1-2-6-23-10-15(21)20-5-3-4-14(20)16(22)19-13-8-11(17)7-12(18)9-13/h7-9,14H,2-6,10H2,1H3,(H,19,22). The van der Waals surface area contributed by atoms with Crippen LogP contribution >= 0.6 is 35.0 Å². The number of likely N-dealkylation sites (tertiary alicyclic amines) is 1. The average molecular weight is 375 g/mol. The molecule has 126 valence electrons. The minimum Gasteiger partial charge on any atom is -0.330 e. The molecule has 23 heavy (non-hydrogen) atoms. The molecule has 2 amide bonds. The van der Waals surface area contributed by atoms with E-state index in [2.05, 4.69) is 12.2 Å². The Morgan fingerprint density at radius 3 is 2.65 bits per heavy atom. The number of hydrogen-bond donors (Lipinski definition) is 1. The van der Waals surface area contributed by atoms with Gasteiger partial charge < -0.3 is 10.2 Å². The lowest BCUT2D eigenvalue weighted by Gasteiger charge is -2.24. The van der Waals surface area contributed by atoms with Gasteiger partial charge in [0.15, 0.2) is 0 Å². The van der Waals surface area contributed by atoms with E-state index in [1.165, 1.54) is 0 Å². The van der Waals surface area contributed by atoms with E-state index in [1.807, 2.05) is 0 Å². The highest BCUT2D eigenvalue weighted by molar-refractivity contribution is 7.99. The van der Waals surface area contributed by atoms with Gasteiger partial charge in [0, 0.05) is 22.3 Å². The zero-order valence-electron chi connectivity index (χ0n) is 13.0. The van der Waals surface area contributed by atoms with E-state index in [1.54, 1.807) is 34.9 Å². The molecular formula is C16H20Cl2N2O2S. The number of anilines is 1. The molecule has 1 saturated heterocycles. The van der Waals surface area contributed by atoms with Crippen LogP contribution in [0, 0.1) is 0 Å². The van der Waals surface area contributed by atoms with Gasteiger partial charge in [0.2, 0.25) is 11.8 Å². The third kappa shape index (κ3) is 5.30. The molecule has 0 bridgehead atoms. The first-order chi connectivity index (χ1) is 11.0. The van der Waals surface area contributed by atoms with E-state index in [9.17, 15) is 9.59 Å². The summed E-state index contributed by atoms with van der Waals surface area (Å²) in [4.78, 5) is 26.4. The quantitative estimate of drug-likeness (QED) is 0.763. The van der Waals surface area contributed by atoms with Gasteiger partial charge in [-0.3, -0.25) is 9.59 Å². The van der Waals surface area contributed by atoms with Crippen LogP contribution in [0.1, 0.15) is 26.2 Å². The molecule has 0 saturated carbocycles. The Labute approximate surface area is 150 Å². The summed E-state index contributed by atoms with van der Waals surface area (Å²) in [7, 11) is 0. The Hall–Kier alpha value is -0.910. The minimum atomic E-state index is -0.414. The second kappa shape index (κ2) is 8.81. The Kier molecular flexibility index (Phi) is 7.06. The predicted octanol–water partition coefficient (Wildman–Crippen LogP) is 4.07. The van der Waals surface area contributed by atoms with Crippen molar-refractivity contribution in [1.29, 1.82) is 0 Å². The van der Waals surface area contributed by atoms with Crippen molar-refractivity contribution in [3.8, 4) is 0 Å². The summed E-state index contributed by atoms with van der Waals surface area (Å²) >= 11 is 13.5. The van der Waals surface area contributed by atoms with Gasteiger partial charge in [-0.05, 0) is 43.2 Å². The van der Waals surface area contributed by atoms with Crippen molar-refractivity contribution < 1.29 is 9.59 Å². The molecule has 0 spiro atoms. The summed E-state index contributed by atoms with van der Waals surface area (Å²) in [5.74, 6) is 1.23. The van der Waals surface area contributed by atoms with Gasteiger partial charge in [0.25, 0.3) is 0 Å². The van der Waals surface area contributed by atoms with Crippen molar-refractivity contribution in [1.82, 2.24) is 4.90 Å². The van der Waals surface area contributed by atoms with E-state index in [4.69, 9.17) is 23.2 Å². The molecule has 4 nitrogen and oxygen atoms in total. The largest absolute Gasteiger partial charge is 0.330 e. The number of carbonyl (C=O) groups excluding carboxylic acids is 2. The van der Waals surface area contributed by atoms with Gasteiger partial charge in [-0.1, -0.05) is 30.1 Å². The summed E-state index contributed by atoms with van der Waals surface area (Å²) in [5.41, 5.74) is 0.548. The Morgan fingerprint density at radius 2 is 2.00 bits per heavy atom. The highest BCUT2D eigenvalue weighted by Crippen LogP contribution is 2.25. The lowest BCUT2D eigenvalue weighted by molar-refractivity contribution is -0.134. The Morgan fingerprint density at radius 1 is 1.30 bits per heavy atom. The van der Waals surface area contributed by atoms with Gasteiger partial charge in [0.05, 0.1) is 5.75 Å². The first kappa shape index (κ1) is 18.4. The molecule has 1 atom stereocenters. The van der Waals surface area contributed by atoms with Crippen LogP contribution in [0.3, 0.4) is 0 Å². The van der Waals surface area contributed by atoms with Gasteiger partial charge >= 0.3 is 0 Å². The molecule has 1 N–H and O–H groups in total. The lowest BCUT2D eigenvalue weighted by atomic mass is 10.2. The number of nitrogens with zero attached hydrogens (tertiary/aromatic N) is 1. The van der Waals surface area contributed by atoms with Gasteiger partial charge in [-0.15, -0.1) is 0 Å². The van der Waals surface area contributed by atoms with Crippen LogP contribution in [-0.4, -0.2) is 40.8 Å². The fraction of sp³-hybridized carbons (Fsp3) is 0.500. The zero-order chi connectivity index (χ0) is 16.8. The number of benzene rings is 1. The molecule has 1 heterocycles. The molecule has 0 aliphatic carbocycles. The molecule has 0 aromatic heterocycles. The van der Waals surface area contributed by atoms with Crippen LogP contribution in [0.4, 0.5) is 5.69 Å². The number of rotatable bonds is 6. The molecular weight excluding hydrogens is 355 g/mol. The lowest BCUT2D eigenvalue weighted by Crippen LogP contribution is -2.44. The van der Waals surface area contributed by atoms with Crippen LogP contribution in [0.25, 0.3) is 0 Å². The van der Waals surface area contributed by atoms with Crippen LogP contribution in [-0.2, 0) is 9.59 Å². The third-order valence-corrected chi connectivity index (χ3v) is 5.16. The number of halogens is 2. The summed E-state index contributed by atoms with van der Waals surface area (Å²) in [6.07, 6.45) is 2.57. The fourth-order valence-corrected chi connectivity index (χ4v) is 3.88. The van der Waals surface area contributed by atoms with Crippen LogP contribution < -0.4 is 5.32 Å². The van der Waals surface area contributed by atoms with E-state index in [-0.39, 0.29) is 11.8 Å². The zero-order valence-corrected chi connectivity index (χ0v) is 15.3. The smallest absolute Gasteiger partial charge is 0.247 e. The predicted molar refractivity (Wildman–Crippen MR) is 97.4 cm³/mol. The second-order valence-corrected chi connectivity index (χ2v) is 7.42. The molecule has 2 rings (SSSR count). The maximum Gasteiger partial charge on any atom is 0.247 e. The third-order valence-electron chi connectivity index (χ3n) is 3.58. The summed E-state index contributed by atoms with van der Waals surface area (Å²) in [6.45, 7) is 2.72. The maximum absolute atomic E-state index is 12.5. The number of hydrogen-bond acceptors (Lipinski definition) is 3. The van der Waals surface area contributed by atoms with Crippen molar-refractivity contribution in [3.63, 3.8) is 0 Å². The molecule has 1 aromatic rings. The van der Waals surface area contributed by atoms with E-state index in [0.717, 1.165) is 18.6 Å². The molecule has 1 fully saturated rings. The van der Waals surface area contributed by atoms with Crippen LogP contribution in [0.5, 0.6) is 0 Å². The molecule has 1 aliphatic heterocycles. The monoisotopic (exact) mass is 374 g/mol.